The second-order valence-electron chi connectivity index (χ2n) is 4.27. The van der Waals surface area contributed by atoms with Gasteiger partial charge in [-0.1, -0.05) is 25.1 Å². The van der Waals surface area contributed by atoms with Gasteiger partial charge in [0.05, 0.1) is 5.52 Å². The lowest BCUT2D eigenvalue weighted by Crippen LogP contribution is -2.09. The highest BCUT2D eigenvalue weighted by Gasteiger charge is 2.20. The summed E-state index contributed by atoms with van der Waals surface area (Å²) >= 11 is 0. The van der Waals surface area contributed by atoms with Crippen LogP contribution in [0.4, 0.5) is 0 Å². The van der Waals surface area contributed by atoms with E-state index >= 15 is 0 Å². The van der Waals surface area contributed by atoms with Crippen LogP contribution in [0.25, 0.3) is 10.9 Å². The van der Waals surface area contributed by atoms with E-state index in [-0.39, 0.29) is 5.78 Å². The zero-order chi connectivity index (χ0) is 11.1. The van der Waals surface area contributed by atoms with Gasteiger partial charge in [-0.3, -0.25) is 9.48 Å². The number of aryl methyl sites for hydroxylation is 2. The van der Waals surface area contributed by atoms with Gasteiger partial charge < -0.3 is 0 Å². The quantitative estimate of drug-likeness (QED) is 0.720. The number of carbonyl (C=O) groups is 1. The van der Waals surface area contributed by atoms with E-state index in [0.717, 1.165) is 24.8 Å². The van der Waals surface area contributed by atoms with Crippen molar-refractivity contribution in [2.24, 2.45) is 0 Å². The van der Waals surface area contributed by atoms with Crippen LogP contribution in [0.5, 0.6) is 0 Å². The van der Waals surface area contributed by atoms with Crippen LogP contribution in [0.2, 0.25) is 0 Å². The minimum Gasteiger partial charge on any atom is -0.292 e. The normalized spacial score (nSPS) is 14.3. The van der Waals surface area contributed by atoms with Gasteiger partial charge in [0, 0.05) is 18.4 Å². The highest BCUT2D eigenvalue weighted by atomic mass is 16.1. The van der Waals surface area contributed by atoms with E-state index in [2.05, 4.69) is 11.2 Å². The number of rotatable bonds is 2. The zero-order valence-corrected chi connectivity index (χ0v) is 9.36. The van der Waals surface area contributed by atoms with Crippen molar-refractivity contribution in [3.63, 3.8) is 0 Å². The average Bonchev–Trinajstić information content (AvgIpc) is 2.70. The topological polar surface area (TPSA) is 34.9 Å². The molecule has 16 heavy (non-hydrogen) atoms. The van der Waals surface area contributed by atoms with Gasteiger partial charge in [-0.2, -0.15) is 5.10 Å². The Bertz CT molecular complexity index is 569. The second-order valence-corrected chi connectivity index (χ2v) is 4.27. The van der Waals surface area contributed by atoms with Gasteiger partial charge in [0.1, 0.15) is 5.69 Å². The molecule has 0 spiro atoms. The molecular weight excluding hydrogens is 200 g/mol. The Morgan fingerprint density at radius 3 is 3.19 bits per heavy atom. The van der Waals surface area contributed by atoms with E-state index in [4.69, 9.17) is 0 Å². The summed E-state index contributed by atoms with van der Waals surface area (Å²) in [7, 11) is 0. The van der Waals surface area contributed by atoms with Crippen LogP contribution in [0, 0.1) is 0 Å². The SMILES string of the molecule is CCC(=O)c1nn2c3c(cccc13)CCC2. The summed E-state index contributed by atoms with van der Waals surface area (Å²) < 4.78 is 2.00. The van der Waals surface area contributed by atoms with Crippen molar-refractivity contribution in [1.29, 1.82) is 0 Å². The molecule has 0 saturated heterocycles. The van der Waals surface area contributed by atoms with Crippen molar-refractivity contribution in [1.82, 2.24) is 9.78 Å². The molecule has 2 aromatic rings. The third-order valence-corrected chi connectivity index (χ3v) is 3.25. The fourth-order valence-corrected chi connectivity index (χ4v) is 2.47. The first-order chi connectivity index (χ1) is 7.81. The third-order valence-electron chi connectivity index (χ3n) is 3.25. The van der Waals surface area contributed by atoms with Crippen molar-refractivity contribution < 1.29 is 4.79 Å². The van der Waals surface area contributed by atoms with Gasteiger partial charge in [0.15, 0.2) is 5.78 Å². The highest BCUT2D eigenvalue weighted by Crippen LogP contribution is 2.27. The molecule has 1 aliphatic heterocycles. The van der Waals surface area contributed by atoms with Gasteiger partial charge >= 0.3 is 0 Å². The first-order valence-corrected chi connectivity index (χ1v) is 5.83. The van der Waals surface area contributed by atoms with Gasteiger partial charge in [0.25, 0.3) is 0 Å². The number of nitrogens with zero attached hydrogens (tertiary/aromatic N) is 2. The Morgan fingerprint density at radius 1 is 1.50 bits per heavy atom. The molecule has 3 rings (SSSR count). The summed E-state index contributed by atoms with van der Waals surface area (Å²) in [4.78, 5) is 11.8. The number of carbonyl (C=O) groups excluding carboxylic acids is 1. The molecule has 0 fully saturated rings. The number of Topliss-reactive ketones (excluding diaryl/α,β-unsaturated/α-hetero) is 1. The number of hydrogen-bond donors (Lipinski definition) is 0. The van der Waals surface area contributed by atoms with Crippen LogP contribution in [-0.4, -0.2) is 15.6 Å². The fourth-order valence-electron chi connectivity index (χ4n) is 2.47. The lowest BCUT2D eigenvalue weighted by molar-refractivity contribution is 0.0984. The molecular formula is C13H14N2O. The fraction of sp³-hybridized carbons (Fsp3) is 0.385. The second kappa shape index (κ2) is 3.44. The number of ketones is 1. The van der Waals surface area contributed by atoms with Crippen molar-refractivity contribution in [2.75, 3.05) is 0 Å². The summed E-state index contributed by atoms with van der Waals surface area (Å²) in [5.41, 5.74) is 3.15. The van der Waals surface area contributed by atoms with Crippen LogP contribution >= 0.6 is 0 Å². The predicted molar refractivity (Wildman–Crippen MR) is 62.7 cm³/mol. The number of hydrogen-bond acceptors (Lipinski definition) is 2. The number of para-hydroxylation sites is 1. The molecule has 0 unspecified atom stereocenters. The van der Waals surface area contributed by atoms with E-state index in [9.17, 15) is 4.79 Å². The van der Waals surface area contributed by atoms with E-state index in [1.165, 1.54) is 11.1 Å². The number of aromatic nitrogens is 2. The lowest BCUT2D eigenvalue weighted by atomic mass is 10.0. The minimum atomic E-state index is 0.141. The summed E-state index contributed by atoms with van der Waals surface area (Å²) in [6.45, 7) is 2.82. The van der Waals surface area contributed by atoms with Crippen LogP contribution < -0.4 is 0 Å². The zero-order valence-electron chi connectivity index (χ0n) is 9.36. The van der Waals surface area contributed by atoms with E-state index in [1.807, 2.05) is 23.7 Å². The molecule has 0 bridgehead atoms. The molecule has 0 radical (unpaired) electrons. The average molecular weight is 214 g/mol. The largest absolute Gasteiger partial charge is 0.292 e. The molecule has 0 amide bonds. The summed E-state index contributed by atoms with van der Waals surface area (Å²) in [5.74, 6) is 0.141. The van der Waals surface area contributed by atoms with E-state index < -0.39 is 0 Å². The lowest BCUT2D eigenvalue weighted by Gasteiger charge is -2.12. The predicted octanol–water partition coefficient (Wildman–Crippen LogP) is 2.58. The maximum absolute atomic E-state index is 11.8. The van der Waals surface area contributed by atoms with Crippen molar-refractivity contribution in [3.8, 4) is 0 Å². The number of benzene rings is 1. The van der Waals surface area contributed by atoms with Crippen LogP contribution in [0.15, 0.2) is 18.2 Å². The molecule has 0 N–H and O–H groups in total. The first kappa shape index (κ1) is 9.58. The summed E-state index contributed by atoms with van der Waals surface area (Å²) in [6.07, 6.45) is 2.74. The van der Waals surface area contributed by atoms with Crippen molar-refractivity contribution in [3.05, 3.63) is 29.5 Å². The third kappa shape index (κ3) is 1.21. The van der Waals surface area contributed by atoms with Gasteiger partial charge in [-0.05, 0) is 18.4 Å². The highest BCUT2D eigenvalue weighted by molar-refractivity contribution is 6.06. The molecule has 0 atom stereocenters. The van der Waals surface area contributed by atoms with Crippen LogP contribution in [-0.2, 0) is 13.0 Å². The van der Waals surface area contributed by atoms with Gasteiger partial charge in [-0.15, -0.1) is 0 Å². The van der Waals surface area contributed by atoms with E-state index in [1.54, 1.807) is 0 Å². The van der Waals surface area contributed by atoms with Gasteiger partial charge in [0.2, 0.25) is 0 Å². The maximum Gasteiger partial charge on any atom is 0.183 e. The van der Waals surface area contributed by atoms with E-state index in [0.29, 0.717) is 12.1 Å². The molecule has 0 aliphatic carbocycles. The molecule has 3 heteroatoms. The van der Waals surface area contributed by atoms with Gasteiger partial charge in [-0.25, -0.2) is 0 Å². The Morgan fingerprint density at radius 2 is 2.38 bits per heavy atom. The Balaban J connectivity index is 2.34. The summed E-state index contributed by atoms with van der Waals surface area (Å²) in [5, 5.41) is 5.49. The Hall–Kier alpha value is -1.64. The van der Waals surface area contributed by atoms with Crippen LogP contribution in [0.3, 0.4) is 0 Å². The minimum absolute atomic E-state index is 0.141. The molecule has 1 aliphatic rings. The Kier molecular flexibility index (Phi) is 2.06. The molecule has 0 saturated carbocycles. The standard InChI is InChI=1S/C13H14N2O/c1-2-11(16)12-10-7-3-5-9-6-4-8-15(14-12)13(9)10/h3,5,7H,2,4,6,8H2,1H3. The molecule has 82 valence electrons. The van der Waals surface area contributed by atoms with Crippen molar-refractivity contribution in [2.45, 2.75) is 32.7 Å². The molecule has 1 aromatic carbocycles. The molecule has 3 nitrogen and oxygen atoms in total. The van der Waals surface area contributed by atoms with Crippen molar-refractivity contribution >= 4 is 16.7 Å². The monoisotopic (exact) mass is 214 g/mol. The maximum atomic E-state index is 11.8. The summed E-state index contributed by atoms with van der Waals surface area (Å²) in [6, 6.07) is 6.18. The first-order valence-electron chi connectivity index (χ1n) is 5.83. The molecule has 2 heterocycles. The smallest absolute Gasteiger partial charge is 0.183 e. The molecule has 1 aromatic heterocycles. The van der Waals surface area contributed by atoms with Crippen LogP contribution in [0.1, 0.15) is 35.8 Å². The Labute approximate surface area is 94.1 Å².